The average molecular weight is 655 g/mol. The van der Waals surface area contributed by atoms with E-state index in [1.165, 1.54) is 17.0 Å². The predicted octanol–water partition coefficient (Wildman–Crippen LogP) is 6.28. The number of hydrogen-bond acceptors (Lipinski definition) is 4. The van der Waals surface area contributed by atoms with Crippen LogP contribution < -0.4 is 9.62 Å². The number of hydrogen-bond donors (Lipinski definition) is 1. The van der Waals surface area contributed by atoms with Crippen LogP contribution in [0.2, 0.25) is 10.0 Å². The molecule has 11 heteroatoms. The van der Waals surface area contributed by atoms with Crippen LogP contribution >= 0.6 is 39.1 Å². The molecule has 2 amide bonds. The van der Waals surface area contributed by atoms with Crippen LogP contribution in [0.5, 0.6) is 0 Å². The molecular weight excluding hydrogens is 625 g/mol. The Hall–Kier alpha value is -2.59. The molecule has 0 aliphatic carbocycles. The van der Waals surface area contributed by atoms with E-state index in [-0.39, 0.29) is 23.4 Å². The normalized spacial score (nSPS) is 12.2. The third-order valence-corrected chi connectivity index (χ3v) is 8.80. The van der Waals surface area contributed by atoms with Crippen LogP contribution in [-0.4, -0.2) is 43.8 Å². The van der Waals surface area contributed by atoms with Crippen molar-refractivity contribution in [2.24, 2.45) is 0 Å². The number of amides is 2. The van der Waals surface area contributed by atoms with Gasteiger partial charge in [-0.2, -0.15) is 0 Å². The number of carbonyl (C=O) groups excluding carboxylic acids is 2. The molecule has 1 N–H and O–H groups in total. The van der Waals surface area contributed by atoms with Gasteiger partial charge in [-0.1, -0.05) is 70.3 Å². The van der Waals surface area contributed by atoms with Crippen LogP contribution in [0.1, 0.15) is 32.8 Å². The molecule has 7 nitrogen and oxygen atoms in total. The molecule has 3 aromatic rings. The second-order valence-electron chi connectivity index (χ2n) is 9.15. The lowest BCUT2D eigenvalue weighted by Crippen LogP contribution is -2.53. The predicted molar refractivity (Wildman–Crippen MR) is 159 cm³/mol. The summed E-state index contributed by atoms with van der Waals surface area (Å²) < 4.78 is 29.4. The first kappa shape index (κ1) is 30.9. The molecule has 0 aliphatic heterocycles. The summed E-state index contributed by atoms with van der Waals surface area (Å²) in [6, 6.07) is 18.4. The van der Waals surface area contributed by atoms with Gasteiger partial charge in [0.15, 0.2) is 0 Å². The first-order valence-corrected chi connectivity index (χ1v) is 15.3. The van der Waals surface area contributed by atoms with E-state index in [4.69, 9.17) is 23.2 Å². The molecule has 0 fully saturated rings. The van der Waals surface area contributed by atoms with E-state index in [9.17, 15) is 18.0 Å². The van der Waals surface area contributed by atoms with Crippen LogP contribution in [0.4, 0.5) is 5.69 Å². The molecule has 0 unspecified atom stereocenters. The molecule has 0 saturated heterocycles. The fraction of sp³-hybridized carbons (Fsp3) is 0.286. The molecule has 0 aliphatic rings. The zero-order valence-corrected chi connectivity index (χ0v) is 25.7. The largest absolute Gasteiger partial charge is 0.352 e. The van der Waals surface area contributed by atoms with Crippen molar-refractivity contribution in [3.8, 4) is 0 Å². The van der Waals surface area contributed by atoms with Gasteiger partial charge in [-0.05, 0) is 74.4 Å². The maximum Gasteiger partial charge on any atom is 0.264 e. The highest BCUT2D eigenvalue weighted by molar-refractivity contribution is 9.10. The summed E-state index contributed by atoms with van der Waals surface area (Å²) in [5, 5.41) is 3.63. The van der Waals surface area contributed by atoms with Gasteiger partial charge in [0.1, 0.15) is 12.6 Å². The topological polar surface area (TPSA) is 86.8 Å². The molecule has 208 valence electrons. The molecule has 39 heavy (non-hydrogen) atoms. The maximum absolute atomic E-state index is 14.0. The van der Waals surface area contributed by atoms with E-state index in [2.05, 4.69) is 21.2 Å². The fourth-order valence-corrected chi connectivity index (χ4v) is 6.16. The molecule has 3 aromatic carbocycles. The van der Waals surface area contributed by atoms with Crippen LogP contribution in [-0.2, 0) is 26.2 Å². The lowest BCUT2D eigenvalue weighted by Gasteiger charge is -2.33. The molecule has 0 radical (unpaired) electrons. The lowest BCUT2D eigenvalue weighted by molar-refractivity contribution is -0.140. The first-order valence-electron chi connectivity index (χ1n) is 12.3. The van der Waals surface area contributed by atoms with Crippen LogP contribution in [0.3, 0.4) is 0 Å². The molecule has 1 atom stereocenters. The summed E-state index contributed by atoms with van der Waals surface area (Å²) >= 11 is 15.9. The number of rotatable bonds is 11. The monoisotopic (exact) mass is 653 g/mol. The Balaban J connectivity index is 2.07. The molecule has 0 saturated carbocycles. The van der Waals surface area contributed by atoms with Crippen molar-refractivity contribution in [1.82, 2.24) is 10.2 Å². The summed E-state index contributed by atoms with van der Waals surface area (Å²) in [6.07, 6.45) is 0.305. The minimum absolute atomic E-state index is 0.0155. The van der Waals surface area contributed by atoms with Crippen molar-refractivity contribution in [1.29, 1.82) is 0 Å². The summed E-state index contributed by atoms with van der Waals surface area (Å²) in [6.45, 7) is 4.90. The number of halogens is 3. The summed E-state index contributed by atoms with van der Waals surface area (Å²) in [7, 11) is -4.13. The third kappa shape index (κ3) is 7.97. The summed E-state index contributed by atoms with van der Waals surface area (Å²) in [5.74, 6) is -0.902. The Morgan fingerprint density at radius 3 is 2.18 bits per heavy atom. The van der Waals surface area contributed by atoms with Crippen molar-refractivity contribution in [3.63, 3.8) is 0 Å². The zero-order valence-electron chi connectivity index (χ0n) is 21.8. The van der Waals surface area contributed by atoms with E-state index in [1.807, 2.05) is 13.8 Å². The van der Waals surface area contributed by atoms with Crippen molar-refractivity contribution in [3.05, 3.63) is 92.9 Å². The van der Waals surface area contributed by atoms with E-state index in [0.717, 1.165) is 8.78 Å². The van der Waals surface area contributed by atoms with Gasteiger partial charge >= 0.3 is 0 Å². The number of nitrogens with one attached hydrogen (secondary N) is 1. The molecular formula is C28H30BrCl2N3O4S. The van der Waals surface area contributed by atoms with E-state index >= 15 is 0 Å². The van der Waals surface area contributed by atoms with Crippen LogP contribution in [0.25, 0.3) is 0 Å². The average Bonchev–Trinajstić information content (AvgIpc) is 2.89. The molecule has 0 heterocycles. The van der Waals surface area contributed by atoms with Gasteiger partial charge in [0.2, 0.25) is 11.8 Å². The second kappa shape index (κ2) is 13.7. The summed E-state index contributed by atoms with van der Waals surface area (Å²) in [5.41, 5.74) is 0.880. The quantitative estimate of drug-likeness (QED) is 0.264. The first-order chi connectivity index (χ1) is 18.4. The Kier molecular flexibility index (Phi) is 10.8. The van der Waals surface area contributed by atoms with Gasteiger partial charge < -0.3 is 10.2 Å². The highest BCUT2D eigenvalue weighted by Crippen LogP contribution is 2.27. The van der Waals surface area contributed by atoms with E-state index in [0.29, 0.717) is 27.7 Å². The van der Waals surface area contributed by atoms with Crippen LogP contribution in [0.15, 0.2) is 82.2 Å². The van der Waals surface area contributed by atoms with Crippen LogP contribution in [0, 0.1) is 0 Å². The van der Waals surface area contributed by atoms with Crippen molar-refractivity contribution < 1.29 is 18.0 Å². The Morgan fingerprint density at radius 1 is 0.974 bits per heavy atom. The number of nitrogens with zero attached hydrogens (tertiary/aromatic N) is 2. The molecule has 0 bridgehead atoms. The van der Waals surface area contributed by atoms with E-state index in [1.54, 1.807) is 67.6 Å². The number of anilines is 1. The SMILES string of the molecule is CC[C@@H](C(=O)NC(C)C)N(Cc1ccc(Cl)cc1Cl)C(=O)CN(c1ccc(Br)cc1)S(=O)(=O)c1ccccc1. The van der Waals surface area contributed by atoms with E-state index < -0.39 is 28.5 Å². The van der Waals surface area contributed by atoms with Crippen molar-refractivity contribution in [2.75, 3.05) is 10.8 Å². The Labute approximate surface area is 248 Å². The van der Waals surface area contributed by atoms with Gasteiger partial charge in [-0.3, -0.25) is 13.9 Å². The number of carbonyl (C=O) groups is 2. The van der Waals surface area contributed by atoms with Gasteiger partial charge in [0.05, 0.1) is 10.6 Å². The second-order valence-corrected chi connectivity index (χ2v) is 12.8. The number of benzene rings is 3. The summed E-state index contributed by atoms with van der Waals surface area (Å²) in [4.78, 5) is 28.6. The Bertz CT molecular complexity index is 1400. The van der Waals surface area contributed by atoms with Crippen molar-refractivity contribution in [2.45, 2.75) is 50.7 Å². The zero-order chi connectivity index (χ0) is 28.7. The smallest absolute Gasteiger partial charge is 0.264 e. The maximum atomic E-state index is 14.0. The fourth-order valence-electron chi connectivity index (χ4n) is 3.99. The van der Waals surface area contributed by atoms with Gasteiger partial charge in [0, 0.05) is 27.1 Å². The molecule has 3 rings (SSSR count). The standard InChI is InChI=1S/C28H30BrCl2N3O4S/c1-4-26(28(36)32-19(2)3)33(17-20-10-13-22(30)16-25(20)31)27(35)18-34(23-14-11-21(29)12-15-23)39(37,38)24-8-6-5-7-9-24/h5-16,19,26H,4,17-18H2,1-3H3,(H,32,36)/t26-/m0/s1. The van der Waals surface area contributed by atoms with Gasteiger partial charge in [-0.25, -0.2) is 8.42 Å². The highest BCUT2D eigenvalue weighted by atomic mass is 79.9. The highest BCUT2D eigenvalue weighted by Gasteiger charge is 2.34. The van der Waals surface area contributed by atoms with Gasteiger partial charge in [0.25, 0.3) is 10.0 Å². The minimum Gasteiger partial charge on any atom is -0.352 e. The van der Waals surface area contributed by atoms with Gasteiger partial charge in [-0.15, -0.1) is 0 Å². The third-order valence-electron chi connectivity index (χ3n) is 5.90. The lowest BCUT2D eigenvalue weighted by atomic mass is 10.1. The molecule has 0 spiro atoms. The Morgan fingerprint density at radius 2 is 1.62 bits per heavy atom. The minimum atomic E-state index is -4.13. The van der Waals surface area contributed by atoms with Crippen molar-refractivity contribution >= 4 is 66.7 Å². The molecule has 0 aromatic heterocycles. The number of sulfonamides is 1.